The lowest BCUT2D eigenvalue weighted by Gasteiger charge is -2.34. The third-order valence-corrected chi connectivity index (χ3v) is 3.62. The number of hydrogen-bond donors (Lipinski definition) is 1. The monoisotopic (exact) mass is 258 g/mol. The van der Waals surface area contributed by atoms with Gasteiger partial charge in [-0.1, -0.05) is 17.3 Å². The van der Waals surface area contributed by atoms with Crippen LogP contribution in [-0.2, 0) is 0 Å². The quantitative estimate of drug-likeness (QED) is 0.888. The topological polar surface area (TPSA) is 58.5 Å². The van der Waals surface area contributed by atoms with Crippen LogP contribution >= 0.6 is 0 Å². The molecule has 1 fully saturated rings. The van der Waals surface area contributed by atoms with Gasteiger partial charge in [0, 0.05) is 31.9 Å². The van der Waals surface area contributed by atoms with Crippen LogP contribution in [0.3, 0.4) is 0 Å². The first kappa shape index (κ1) is 12.0. The molecule has 0 spiro atoms. The molecule has 0 atom stereocenters. The highest BCUT2D eigenvalue weighted by molar-refractivity contribution is 5.74. The fourth-order valence-corrected chi connectivity index (χ4v) is 2.40. The molecule has 0 radical (unpaired) electrons. The first-order valence-electron chi connectivity index (χ1n) is 6.48. The van der Waals surface area contributed by atoms with E-state index in [0.717, 1.165) is 37.3 Å². The molecule has 0 aliphatic carbocycles. The Bertz CT molecular complexity index is 558. The van der Waals surface area contributed by atoms with Crippen molar-refractivity contribution >= 4 is 11.6 Å². The predicted molar refractivity (Wildman–Crippen MR) is 76.1 cm³/mol. The average molecular weight is 258 g/mol. The summed E-state index contributed by atoms with van der Waals surface area (Å²) in [6.07, 6.45) is 1.67. The smallest absolute Gasteiger partial charge is 0.229 e. The second-order valence-corrected chi connectivity index (χ2v) is 4.94. The minimum absolute atomic E-state index is 0.371. The summed E-state index contributed by atoms with van der Waals surface area (Å²) in [7, 11) is 2.16. The van der Waals surface area contributed by atoms with E-state index in [1.165, 1.54) is 5.69 Å². The van der Waals surface area contributed by atoms with Gasteiger partial charge in [-0.3, -0.25) is 0 Å². The van der Waals surface area contributed by atoms with E-state index in [0.29, 0.717) is 5.88 Å². The molecular formula is C14H18N4O. The summed E-state index contributed by atoms with van der Waals surface area (Å²) in [4.78, 5) is 4.74. The Morgan fingerprint density at radius 2 is 2.00 bits per heavy atom. The van der Waals surface area contributed by atoms with Crippen molar-refractivity contribution in [2.45, 2.75) is 0 Å². The number of piperazine rings is 1. The minimum atomic E-state index is 0.371. The van der Waals surface area contributed by atoms with Crippen LogP contribution < -0.4 is 10.6 Å². The molecule has 5 nitrogen and oxygen atoms in total. The second kappa shape index (κ2) is 4.93. The predicted octanol–water partition coefficient (Wildman–Crippen LogP) is 1.68. The molecule has 2 heterocycles. The van der Waals surface area contributed by atoms with Gasteiger partial charge in [0.2, 0.25) is 5.88 Å². The molecule has 1 aliphatic heterocycles. The molecule has 2 N–H and O–H groups in total. The zero-order chi connectivity index (χ0) is 13.2. The molecule has 1 aromatic carbocycles. The van der Waals surface area contributed by atoms with Gasteiger partial charge in [0.05, 0.1) is 11.8 Å². The maximum atomic E-state index is 5.77. The Morgan fingerprint density at radius 3 is 2.68 bits per heavy atom. The molecule has 100 valence electrons. The Hall–Kier alpha value is -2.01. The van der Waals surface area contributed by atoms with Crippen LogP contribution in [0.25, 0.3) is 11.1 Å². The lowest BCUT2D eigenvalue weighted by Crippen LogP contribution is -2.44. The summed E-state index contributed by atoms with van der Waals surface area (Å²) in [5, 5.41) is 3.73. The Balaban J connectivity index is 1.86. The summed E-state index contributed by atoms with van der Waals surface area (Å²) in [5.41, 5.74) is 8.91. The normalized spacial score (nSPS) is 16.8. The number of hydrogen-bond acceptors (Lipinski definition) is 5. The largest absolute Gasteiger partial charge is 0.369 e. The number of anilines is 2. The van der Waals surface area contributed by atoms with Gasteiger partial charge in [0.15, 0.2) is 0 Å². The van der Waals surface area contributed by atoms with E-state index in [9.17, 15) is 0 Å². The highest BCUT2D eigenvalue weighted by Crippen LogP contribution is 2.29. The fourth-order valence-electron chi connectivity index (χ4n) is 2.40. The number of benzene rings is 1. The van der Waals surface area contributed by atoms with Crippen molar-refractivity contribution in [3.63, 3.8) is 0 Å². The van der Waals surface area contributed by atoms with Crippen LogP contribution in [0.2, 0.25) is 0 Å². The number of rotatable bonds is 2. The fraction of sp³-hybridized carbons (Fsp3) is 0.357. The van der Waals surface area contributed by atoms with Gasteiger partial charge in [-0.25, -0.2) is 0 Å². The summed E-state index contributed by atoms with van der Waals surface area (Å²) < 4.78 is 4.93. The van der Waals surface area contributed by atoms with Crippen molar-refractivity contribution in [3.8, 4) is 11.1 Å². The maximum Gasteiger partial charge on any atom is 0.229 e. The van der Waals surface area contributed by atoms with E-state index < -0.39 is 0 Å². The van der Waals surface area contributed by atoms with Gasteiger partial charge < -0.3 is 20.1 Å². The van der Waals surface area contributed by atoms with E-state index in [1.807, 2.05) is 6.07 Å². The minimum Gasteiger partial charge on any atom is -0.369 e. The lowest BCUT2D eigenvalue weighted by molar-refractivity contribution is 0.313. The van der Waals surface area contributed by atoms with Gasteiger partial charge >= 0.3 is 0 Å². The first-order valence-corrected chi connectivity index (χ1v) is 6.48. The van der Waals surface area contributed by atoms with Crippen LogP contribution in [0.5, 0.6) is 0 Å². The molecule has 2 aromatic rings. The van der Waals surface area contributed by atoms with Crippen LogP contribution in [0, 0.1) is 0 Å². The zero-order valence-corrected chi connectivity index (χ0v) is 11.0. The van der Waals surface area contributed by atoms with Crippen LogP contribution in [0.1, 0.15) is 0 Å². The molecule has 1 saturated heterocycles. The lowest BCUT2D eigenvalue weighted by atomic mass is 10.1. The van der Waals surface area contributed by atoms with Crippen molar-refractivity contribution in [3.05, 3.63) is 30.5 Å². The molecule has 1 aromatic heterocycles. The number of aromatic nitrogens is 1. The van der Waals surface area contributed by atoms with Crippen molar-refractivity contribution in [2.24, 2.45) is 0 Å². The van der Waals surface area contributed by atoms with Crippen molar-refractivity contribution in [1.29, 1.82) is 0 Å². The molecule has 0 bridgehead atoms. The molecule has 1 aliphatic rings. The van der Waals surface area contributed by atoms with E-state index in [-0.39, 0.29) is 0 Å². The third-order valence-electron chi connectivity index (χ3n) is 3.62. The highest BCUT2D eigenvalue weighted by atomic mass is 16.5. The highest BCUT2D eigenvalue weighted by Gasteiger charge is 2.15. The van der Waals surface area contributed by atoms with Crippen LogP contribution in [0.4, 0.5) is 11.6 Å². The summed E-state index contributed by atoms with van der Waals surface area (Å²) in [6.45, 7) is 4.30. The maximum absolute atomic E-state index is 5.77. The number of likely N-dealkylation sites (N-methyl/N-ethyl adjacent to an activating group) is 1. The summed E-state index contributed by atoms with van der Waals surface area (Å²) >= 11 is 0. The van der Waals surface area contributed by atoms with Gasteiger partial charge in [-0.2, -0.15) is 0 Å². The van der Waals surface area contributed by atoms with Crippen molar-refractivity contribution < 1.29 is 4.52 Å². The van der Waals surface area contributed by atoms with Crippen molar-refractivity contribution in [2.75, 3.05) is 43.9 Å². The zero-order valence-electron chi connectivity index (χ0n) is 11.0. The molecule has 5 heteroatoms. The molecule has 3 rings (SSSR count). The van der Waals surface area contributed by atoms with Gasteiger partial charge in [-0.15, -0.1) is 0 Å². The molecule has 0 unspecified atom stereocenters. The summed E-state index contributed by atoms with van der Waals surface area (Å²) in [6, 6.07) is 8.37. The second-order valence-electron chi connectivity index (χ2n) is 4.94. The van der Waals surface area contributed by atoms with E-state index >= 15 is 0 Å². The van der Waals surface area contributed by atoms with Crippen molar-refractivity contribution in [1.82, 2.24) is 10.1 Å². The van der Waals surface area contributed by atoms with E-state index in [1.54, 1.807) is 6.20 Å². The summed E-state index contributed by atoms with van der Waals surface area (Å²) in [5.74, 6) is 0.371. The molecule has 0 amide bonds. The SMILES string of the molecule is CN1CCN(c2cccc(-c3cnoc3N)c2)CC1. The van der Waals surface area contributed by atoms with E-state index in [4.69, 9.17) is 10.3 Å². The number of nitrogen functional groups attached to an aromatic ring is 1. The Labute approximate surface area is 112 Å². The first-order chi connectivity index (χ1) is 9.24. The Morgan fingerprint density at radius 1 is 1.21 bits per heavy atom. The van der Waals surface area contributed by atoms with Gasteiger partial charge in [0.1, 0.15) is 0 Å². The molecular weight excluding hydrogens is 240 g/mol. The molecule has 19 heavy (non-hydrogen) atoms. The standard InChI is InChI=1S/C14H18N4O/c1-17-5-7-18(8-6-17)12-4-2-3-11(9-12)13-10-16-19-14(13)15/h2-4,9-10H,5-8,15H2,1H3. The number of nitrogens with zero attached hydrogens (tertiary/aromatic N) is 3. The van der Waals surface area contributed by atoms with Crippen LogP contribution in [-0.4, -0.2) is 43.3 Å². The average Bonchev–Trinajstić information content (AvgIpc) is 2.86. The van der Waals surface area contributed by atoms with Gasteiger partial charge in [-0.05, 0) is 24.7 Å². The number of nitrogens with two attached hydrogens (primary N) is 1. The Kier molecular flexibility index (Phi) is 3.13. The third kappa shape index (κ3) is 2.42. The van der Waals surface area contributed by atoms with Gasteiger partial charge in [0.25, 0.3) is 0 Å². The van der Waals surface area contributed by atoms with E-state index in [2.05, 4.69) is 40.2 Å². The van der Waals surface area contributed by atoms with Crippen LogP contribution in [0.15, 0.2) is 35.0 Å². The molecule has 0 saturated carbocycles.